The Morgan fingerprint density at radius 1 is 1.19 bits per heavy atom. The molecule has 7 heteroatoms. The molecule has 2 amide bonds. The van der Waals surface area contributed by atoms with Crippen LogP contribution in [0.5, 0.6) is 0 Å². The molecule has 0 spiro atoms. The van der Waals surface area contributed by atoms with Gasteiger partial charge in [-0.05, 0) is 58.8 Å². The van der Waals surface area contributed by atoms with Gasteiger partial charge in [-0.1, -0.05) is 11.8 Å². The van der Waals surface area contributed by atoms with E-state index in [9.17, 15) is 9.59 Å². The molecule has 0 aliphatic carbocycles. The summed E-state index contributed by atoms with van der Waals surface area (Å²) in [7, 11) is 0. The highest BCUT2D eigenvalue weighted by Gasteiger charge is 2.35. The van der Waals surface area contributed by atoms with Crippen molar-refractivity contribution in [1.82, 2.24) is 19.8 Å². The average molecular weight is 379 g/mol. The van der Waals surface area contributed by atoms with E-state index in [4.69, 9.17) is 0 Å². The normalized spacial score (nSPS) is 16.8. The topological polar surface area (TPSA) is 66.4 Å². The number of carbonyl (C=O) groups excluding carboxylic acids is 2. The first-order chi connectivity index (χ1) is 12.4. The summed E-state index contributed by atoms with van der Waals surface area (Å²) in [5, 5.41) is 0.763. The molecular formula is C19H30N4O2S. The van der Waals surface area contributed by atoms with E-state index in [1.54, 1.807) is 4.90 Å². The summed E-state index contributed by atoms with van der Waals surface area (Å²) in [6.07, 6.45) is 4.63. The summed E-state index contributed by atoms with van der Waals surface area (Å²) in [5.41, 5.74) is 2.92. The molecule has 1 aliphatic rings. The number of rotatable bonds is 7. The molecule has 1 fully saturated rings. The first kappa shape index (κ1) is 20.7. The first-order valence-corrected chi connectivity index (χ1v) is 10.6. The van der Waals surface area contributed by atoms with Crippen LogP contribution >= 0.6 is 11.8 Å². The van der Waals surface area contributed by atoms with Crippen molar-refractivity contribution < 1.29 is 9.59 Å². The number of hydrogen-bond donors (Lipinski definition) is 0. The van der Waals surface area contributed by atoms with Crippen LogP contribution in [0.4, 0.5) is 0 Å². The van der Waals surface area contributed by atoms with Gasteiger partial charge in [-0.2, -0.15) is 0 Å². The molecule has 1 aliphatic heterocycles. The number of aromatic nitrogens is 2. The molecule has 0 radical (unpaired) electrons. The average Bonchev–Trinajstić information content (AvgIpc) is 3.11. The zero-order valence-corrected chi connectivity index (χ0v) is 17.4. The molecule has 1 unspecified atom stereocenters. The largest absolute Gasteiger partial charge is 0.341 e. The van der Waals surface area contributed by atoms with Gasteiger partial charge in [0.2, 0.25) is 11.8 Å². The molecule has 0 bridgehead atoms. The minimum Gasteiger partial charge on any atom is -0.341 e. The molecular weight excluding hydrogens is 348 g/mol. The van der Waals surface area contributed by atoms with Crippen molar-refractivity contribution in [3.8, 4) is 0 Å². The van der Waals surface area contributed by atoms with Gasteiger partial charge >= 0.3 is 0 Å². The molecule has 1 aromatic heterocycles. The molecule has 0 saturated carbocycles. The molecule has 6 nitrogen and oxygen atoms in total. The molecule has 1 saturated heterocycles. The van der Waals surface area contributed by atoms with Gasteiger partial charge in [0, 0.05) is 37.4 Å². The number of amides is 2. The van der Waals surface area contributed by atoms with Gasteiger partial charge in [0.25, 0.3) is 0 Å². The third-order valence-electron chi connectivity index (χ3n) is 5.10. The van der Waals surface area contributed by atoms with Crippen LogP contribution in [0.3, 0.4) is 0 Å². The summed E-state index contributed by atoms with van der Waals surface area (Å²) in [6, 6.07) is -0.292. The second-order valence-corrected chi connectivity index (χ2v) is 7.39. The van der Waals surface area contributed by atoms with Crippen molar-refractivity contribution in [2.45, 2.75) is 64.6 Å². The van der Waals surface area contributed by atoms with Crippen LogP contribution in [-0.2, 0) is 16.0 Å². The molecule has 1 aromatic rings. The lowest BCUT2D eigenvalue weighted by Crippen LogP contribution is -2.47. The Hall–Kier alpha value is -1.63. The van der Waals surface area contributed by atoms with E-state index in [2.05, 4.69) is 9.97 Å². The monoisotopic (exact) mass is 378 g/mol. The molecule has 144 valence electrons. The van der Waals surface area contributed by atoms with Crippen molar-refractivity contribution >= 4 is 23.6 Å². The van der Waals surface area contributed by atoms with E-state index >= 15 is 0 Å². The molecule has 0 aromatic carbocycles. The quantitative estimate of drug-likeness (QED) is 0.539. The third kappa shape index (κ3) is 4.55. The molecule has 2 rings (SSSR count). The summed E-state index contributed by atoms with van der Waals surface area (Å²) in [4.78, 5) is 38.0. The number of likely N-dealkylation sites (tertiary alicyclic amines) is 1. The zero-order valence-electron chi connectivity index (χ0n) is 16.5. The number of carbonyl (C=O) groups is 2. The van der Waals surface area contributed by atoms with Gasteiger partial charge in [-0.15, -0.1) is 0 Å². The van der Waals surface area contributed by atoms with E-state index in [1.165, 1.54) is 11.8 Å². The fourth-order valence-corrected chi connectivity index (χ4v) is 4.06. The second-order valence-electron chi connectivity index (χ2n) is 6.62. The number of likely N-dealkylation sites (N-methyl/N-ethyl adjacent to an activating group) is 1. The maximum Gasteiger partial charge on any atom is 0.245 e. The van der Waals surface area contributed by atoms with Gasteiger partial charge < -0.3 is 9.80 Å². The Kier molecular flexibility index (Phi) is 7.43. The van der Waals surface area contributed by atoms with Gasteiger partial charge in [0.15, 0.2) is 5.16 Å². The lowest BCUT2D eigenvalue weighted by Gasteiger charge is -2.29. The molecule has 26 heavy (non-hydrogen) atoms. The fraction of sp³-hybridized carbons (Fsp3) is 0.684. The van der Waals surface area contributed by atoms with Crippen LogP contribution in [0.2, 0.25) is 0 Å². The summed E-state index contributed by atoms with van der Waals surface area (Å²) in [5.74, 6) is 0.140. The van der Waals surface area contributed by atoms with Crippen molar-refractivity contribution in [2.24, 2.45) is 0 Å². The second kappa shape index (κ2) is 9.35. The van der Waals surface area contributed by atoms with E-state index in [1.807, 2.05) is 38.9 Å². The van der Waals surface area contributed by atoms with Crippen LogP contribution in [0.15, 0.2) is 5.16 Å². The Bertz CT molecular complexity index is 638. The minimum atomic E-state index is -0.292. The number of thioether (sulfide) groups is 1. The smallest absolute Gasteiger partial charge is 0.245 e. The van der Waals surface area contributed by atoms with Gasteiger partial charge in [-0.25, -0.2) is 9.97 Å². The zero-order chi connectivity index (χ0) is 19.3. The maximum absolute atomic E-state index is 12.8. The van der Waals surface area contributed by atoms with E-state index in [0.717, 1.165) is 34.9 Å². The van der Waals surface area contributed by atoms with Gasteiger partial charge in [0.1, 0.15) is 6.04 Å². The van der Waals surface area contributed by atoms with Crippen molar-refractivity contribution in [2.75, 3.05) is 25.9 Å². The number of hydrogen-bond acceptors (Lipinski definition) is 5. The summed E-state index contributed by atoms with van der Waals surface area (Å²) in [6.45, 7) is 9.94. The number of aryl methyl sites for hydroxylation is 2. The minimum absolute atomic E-state index is 0.0562. The van der Waals surface area contributed by atoms with Crippen LogP contribution < -0.4 is 0 Å². The van der Waals surface area contributed by atoms with Gasteiger partial charge in [0.05, 0.1) is 0 Å². The summed E-state index contributed by atoms with van der Waals surface area (Å²) < 4.78 is 0. The van der Waals surface area contributed by atoms with Crippen molar-refractivity contribution in [1.29, 1.82) is 0 Å². The van der Waals surface area contributed by atoms with E-state index in [0.29, 0.717) is 32.5 Å². The highest BCUT2D eigenvalue weighted by Crippen LogP contribution is 2.22. The predicted octanol–water partition coefficient (Wildman–Crippen LogP) is 2.61. The molecule has 1 atom stereocenters. The Morgan fingerprint density at radius 3 is 2.35 bits per heavy atom. The van der Waals surface area contributed by atoms with Crippen LogP contribution in [0, 0.1) is 13.8 Å². The Labute approximate surface area is 160 Å². The molecule has 0 N–H and O–H groups in total. The standard InChI is InChI=1S/C19H30N4O2S/c1-6-22(7-2)18(25)16-9-8-12-23(16)17(24)11-10-15-13(3)20-19(26-5)21-14(15)4/h16H,6-12H2,1-5H3. The van der Waals surface area contributed by atoms with Gasteiger partial charge in [-0.3, -0.25) is 9.59 Å². The fourth-order valence-electron chi connectivity index (χ4n) is 3.61. The van der Waals surface area contributed by atoms with Crippen molar-refractivity contribution in [3.63, 3.8) is 0 Å². The lowest BCUT2D eigenvalue weighted by atomic mass is 10.1. The van der Waals surface area contributed by atoms with E-state index < -0.39 is 0 Å². The van der Waals surface area contributed by atoms with Crippen molar-refractivity contribution in [3.05, 3.63) is 17.0 Å². The highest BCUT2D eigenvalue weighted by atomic mass is 32.2. The maximum atomic E-state index is 12.8. The Morgan fingerprint density at radius 2 is 1.81 bits per heavy atom. The number of nitrogens with zero attached hydrogens (tertiary/aromatic N) is 4. The van der Waals surface area contributed by atoms with Crippen LogP contribution in [-0.4, -0.2) is 63.5 Å². The van der Waals surface area contributed by atoms with E-state index in [-0.39, 0.29) is 17.9 Å². The van der Waals surface area contributed by atoms with Crippen LogP contribution in [0.25, 0.3) is 0 Å². The first-order valence-electron chi connectivity index (χ1n) is 9.39. The lowest BCUT2D eigenvalue weighted by molar-refractivity contribution is -0.143. The molecule has 2 heterocycles. The predicted molar refractivity (Wildman–Crippen MR) is 104 cm³/mol. The van der Waals surface area contributed by atoms with Crippen LogP contribution in [0.1, 0.15) is 50.1 Å². The Balaban J connectivity index is 2.04. The summed E-state index contributed by atoms with van der Waals surface area (Å²) >= 11 is 1.52. The SMILES string of the molecule is CCN(CC)C(=O)C1CCCN1C(=O)CCc1c(C)nc(SC)nc1C. The highest BCUT2D eigenvalue weighted by molar-refractivity contribution is 7.98. The third-order valence-corrected chi connectivity index (χ3v) is 5.65.